The summed E-state index contributed by atoms with van der Waals surface area (Å²) in [6.45, 7) is 0. The predicted molar refractivity (Wildman–Crippen MR) is 103 cm³/mol. The van der Waals surface area contributed by atoms with Gasteiger partial charge in [-0.2, -0.15) is 10.4 Å². The monoisotopic (exact) mass is 400 g/mol. The van der Waals surface area contributed by atoms with E-state index in [9.17, 15) is 14.4 Å². The van der Waals surface area contributed by atoms with Gasteiger partial charge in [0.1, 0.15) is 17.5 Å². The van der Waals surface area contributed by atoms with E-state index in [1.165, 1.54) is 36.5 Å². The molecular weight excluding hydrogens is 390 g/mol. The van der Waals surface area contributed by atoms with Crippen LogP contribution in [0.25, 0.3) is 17.3 Å². The van der Waals surface area contributed by atoms with Crippen molar-refractivity contribution in [2.45, 2.75) is 0 Å². The number of nitrogens with one attached hydrogen (secondary N) is 2. The Kier molecular flexibility index (Phi) is 5.55. The molecule has 0 aliphatic rings. The number of halogens is 3. The first kappa shape index (κ1) is 18.6. The smallest absolute Gasteiger partial charge is 0.266 e. The van der Waals surface area contributed by atoms with Gasteiger partial charge in [0, 0.05) is 16.1 Å². The number of H-pyrrole nitrogens is 1. The molecule has 0 bridgehead atoms. The molecule has 0 fully saturated rings. The number of amides is 1. The van der Waals surface area contributed by atoms with Crippen molar-refractivity contribution in [1.82, 2.24) is 10.2 Å². The average molecular weight is 401 g/mol. The van der Waals surface area contributed by atoms with Crippen molar-refractivity contribution in [3.05, 3.63) is 75.7 Å². The number of nitriles is 1. The molecule has 27 heavy (non-hydrogen) atoms. The zero-order valence-corrected chi connectivity index (χ0v) is 15.1. The van der Waals surface area contributed by atoms with Gasteiger partial charge in [-0.05, 0) is 48.5 Å². The third kappa shape index (κ3) is 4.34. The number of carbonyl (C=O) groups is 1. The van der Waals surface area contributed by atoms with Gasteiger partial charge in [0.2, 0.25) is 0 Å². The number of nitrogens with zero attached hydrogens (tertiary/aromatic N) is 2. The lowest BCUT2D eigenvalue weighted by molar-refractivity contribution is -0.112. The Morgan fingerprint density at radius 3 is 2.67 bits per heavy atom. The highest BCUT2D eigenvalue weighted by atomic mass is 35.5. The summed E-state index contributed by atoms with van der Waals surface area (Å²) in [6.07, 6.45) is 2.85. The number of benzene rings is 2. The molecule has 0 radical (unpaired) electrons. The molecule has 0 aliphatic carbocycles. The van der Waals surface area contributed by atoms with Crippen LogP contribution in [0, 0.1) is 17.1 Å². The molecule has 3 rings (SSSR count). The maximum atomic E-state index is 13.1. The fourth-order valence-corrected chi connectivity index (χ4v) is 2.68. The summed E-state index contributed by atoms with van der Waals surface area (Å²) in [5, 5.41) is 19.3. The van der Waals surface area contributed by atoms with Gasteiger partial charge in [0.25, 0.3) is 5.91 Å². The molecule has 0 spiro atoms. The Balaban J connectivity index is 1.90. The Morgan fingerprint density at radius 1 is 1.22 bits per heavy atom. The maximum absolute atomic E-state index is 13.1. The summed E-state index contributed by atoms with van der Waals surface area (Å²) in [5.41, 5.74) is 1.86. The van der Waals surface area contributed by atoms with Crippen molar-refractivity contribution >= 4 is 40.9 Å². The summed E-state index contributed by atoms with van der Waals surface area (Å²) in [4.78, 5) is 12.4. The lowest BCUT2D eigenvalue weighted by Gasteiger charge is -2.07. The molecule has 3 aromatic rings. The fourth-order valence-electron chi connectivity index (χ4n) is 2.34. The van der Waals surface area contributed by atoms with Crippen LogP contribution in [-0.4, -0.2) is 16.1 Å². The van der Waals surface area contributed by atoms with Gasteiger partial charge in [-0.3, -0.25) is 9.89 Å². The SMILES string of the molecule is N#C/C(=C\c1cn[nH]c1-c1ccc(F)cc1)C(=O)Nc1cc(Cl)ccc1Cl. The van der Waals surface area contributed by atoms with Crippen molar-refractivity contribution in [3.63, 3.8) is 0 Å². The number of hydrogen-bond acceptors (Lipinski definition) is 3. The minimum atomic E-state index is -0.645. The lowest BCUT2D eigenvalue weighted by atomic mass is 10.1. The first-order valence-corrected chi connectivity index (χ1v) is 8.41. The van der Waals surface area contributed by atoms with Gasteiger partial charge in [-0.1, -0.05) is 23.2 Å². The highest BCUT2D eigenvalue weighted by Crippen LogP contribution is 2.27. The Bertz CT molecular complexity index is 1070. The lowest BCUT2D eigenvalue weighted by Crippen LogP contribution is -2.13. The number of anilines is 1. The minimum Gasteiger partial charge on any atom is -0.320 e. The van der Waals surface area contributed by atoms with Crippen LogP contribution < -0.4 is 5.32 Å². The number of carbonyl (C=O) groups excluding carboxylic acids is 1. The zero-order valence-electron chi connectivity index (χ0n) is 13.6. The topological polar surface area (TPSA) is 81.6 Å². The van der Waals surface area contributed by atoms with E-state index >= 15 is 0 Å². The van der Waals surface area contributed by atoms with Crippen LogP contribution in [0.3, 0.4) is 0 Å². The third-order valence-electron chi connectivity index (χ3n) is 3.64. The van der Waals surface area contributed by atoms with Crippen LogP contribution in [0.15, 0.2) is 54.2 Å². The highest BCUT2D eigenvalue weighted by Gasteiger charge is 2.14. The Hall–Kier alpha value is -3.14. The van der Waals surface area contributed by atoms with E-state index in [1.807, 2.05) is 6.07 Å². The van der Waals surface area contributed by atoms with Gasteiger partial charge in [0.15, 0.2) is 0 Å². The van der Waals surface area contributed by atoms with Crippen molar-refractivity contribution in [2.75, 3.05) is 5.32 Å². The average Bonchev–Trinajstić information content (AvgIpc) is 3.11. The third-order valence-corrected chi connectivity index (χ3v) is 4.21. The van der Waals surface area contributed by atoms with Crippen LogP contribution >= 0.6 is 23.2 Å². The van der Waals surface area contributed by atoms with Crippen LogP contribution in [0.1, 0.15) is 5.56 Å². The van der Waals surface area contributed by atoms with Crippen molar-refractivity contribution in [1.29, 1.82) is 5.26 Å². The molecule has 1 aromatic heterocycles. The predicted octanol–water partition coefficient (Wildman–Crippen LogP) is 5.07. The summed E-state index contributed by atoms with van der Waals surface area (Å²) >= 11 is 11.9. The van der Waals surface area contributed by atoms with Crippen LogP contribution in [0.2, 0.25) is 10.0 Å². The number of rotatable bonds is 4. The number of aromatic nitrogens is 2. The molecule has 2 N–H and O–H groups in total. The normalized spacial score (nSPS) is 11.1. The summed E-state index contributed by atoms with van der Waals surface area (Å²) in [7, 11) is 0. The zero-order chi connectivity index (χ0) is 19.4. The molecule has 1 amide bonds. The van der Waals surface area contributed by atoms with E-state index in [2.05, 4.69) is 15.5 Å². The first-order valence-electron chi connectivity index (χ1n) is 7.65. The van der Waals surface area contributed by atoms with Crippen molar-refractivity contribution in [2.24, 2.45) is 0 Å². The molecule has 0 aliphatic heterocycles. The van der Waals surface area contributed by atoms with E-state index in [0.717, 1.165) is 0 Å². The van der Waals surface area contributed by atoms with Crippen LogP contribution in [-0.2, 0) is 4.79 Å². The minimum absolute atomic E-state index is 0.157. The van der Waals surface area contributed by atoms with Crippen LogP contribution in [0.5, 0.6) is 0 Å². The van der Waals surface area contributed by atoms with E-state index in [1.54, 1.807) is 18.2 Å². The highest BCUT2D eigenvalue weighted by molar-refractivity contribution is 6.36. The fraction of sp³-hybridized carbons (Fsp3) is 0. The van der Waals surface area contributed by atoms with Gasteiger partial charge < -0.3 is 5.32 Å². The van der Waals surface area contributed by atoms with E-state index in [4.69, 9.17) is 23.2 Å². The molecule has 8 heteroatoms. The van der Waals surface area contributed by atoms with Gasteiger partial charge in [-0.15, -0.1) is 0 Å². The Labute approximate surface area is 164 Å². The molecule has 134 valence electrons. The molecule has 5 nitrogen and oxygen atoms in total. The summed E-state index contributed by atoms with van der Waals surface area (Å²) < 4.78 is 13.1. The van der Waals surface area contributed by atoms with Crippen LogP contribution in [0.4, 0.5) is 10.1 Å². The molecule has 0 atom stereocenters. The number of aromatic amines is 1. The second kappa shape index (κ2) is 8.04. The van der Waals surface area contributed by atoms with E-state index < -0.39 is 5.91 Å². The van der Waals surface area contributed by atoms with Gasteiger partial charge >= 0.3 is 0 Å². The van der Waals surface area contributed by atoms with Crippen molar-refractivity contribution < 1.29 is 9.18 Å². The summed E-state index contributed by atoms with van der Waals surface area (Å²) in [5.74, 6) is -1.02. The van der Waals surface area contributed by atoms with Gasteiger partial charge in [0.05, 0.1) is 22.6 Å². The van der Waals surface area contributed by atoms with E-state index in [0.29, 0.717) is 32.6 Å². The molecule has 2 aromatic carbocycles. The number of hydrogen-bond donors (Lipinski definition) is 2. The Morgan fingerprint density at radius 2 is 1.96 bits per heavy atom. The molecule has 0 saturated carbocycles. The molecule has 1 heterocycles. The standard InChI is InChI=1S/C19H11Cl2FN4O/c20-14-3-6-16(21)17(8-14)25-19(27)12(9-23)7-13-10-24-26-18(13)11-1-4-15(22)5-2-11/h1-8,10H,(H,24,26)(H,25,27)/b12-7+. The maximum Gasteiger partial charge on any atom is 0.266 e. The quantitative estimate of drug-likeness (QED) is 0.473. The van der Waals surface area contributed by atoms with Gasteiger partial charge in [-0.25, -0.2) is 4.39 Å². The summed E-state index contributed by atoms with van der Waals surface area (Å²) in [6, 6.07) is 12.2. The molecule has 0 saturated heterocycles. The van der Waals surface area contributed by atoms with E-state index in [-0.39, 0.29) is 11.4 Å². The van der Waals surface area contributed by atoms with Crippen molar-refractivity contribution in [3.8, 4) is 17.3 Å². The molecule has 0 unspecified atom stereocenters. The second-order valence-corrected chi connectivity index (χ2v) is 6.30. The first-order chi connectivity index (χ1) is 13.0. The molecular formula is C19H11Cl2FN4O. The second-order valence-electron chi connectivity index (χ2n) is 5.46. The largest absolute Gasteiger partial charge is 0.320 e.